The smallest absolute Gasteiger partial charge is 0.136 e. The van der Waals surface area contributed by atoms with Crippen molar-refractivity contribution >= 4 is 54.6 Å². The quantitative estimate of drug-likeness (QED) is 0.179. The summed E-state index contributed by atoms with van der Waals surface area (Å²) < 4.78 is 19.9. The van der Waals surface area contributed by atoms with Gasteiger partial charge in [0.15, 0.2) is 0 Å². The van der Waals surface area contributed by atoms with Gasteiger partial charge in [-0.05, 0) is 110 Å². The Bertz CT molecular complexity index is 3420. The van der Waals surface area contributed by atoms with Crippen LogP contribution in [0.25, 0.3) is 88.0 Å². The standard InChI is InChI=1S/C53H30O3/c1-2-11-32-27-50-41(26-31(32)10-1)52-36(14-9-19-47(52)55-50)35-21-24-40-39-23-20-33(28-48(39)56-49(40)30-35)34-22-25-45-51(29-34)54-46-18-8-7-17-44(46)53(45)42-15-5-3-12-37(42)38-13-4-6-16-43(38)53/h1-30H. The third-order valence-corrected chi connectivity index (χ3v) is 12.3. The zero-order valence-corrected chi connectivity index (χ0v) is 30.0. The van der Waals surface area contributed by atoms with Crippen LogP contribution in [0.4, 0.5) is 0 Å². The summed E-state index contributed by atoms with van der Waals surface area (Å²) in [6, 6.07) is 65.2. The molecule has 0 radical (unpaired) electrons. The van der Waals surface area contributed by atoms with E-state index in [1.165, 1.54) is 38.6 Å². The largest absolute Gasteiger partial charge is 0.457 e. The van der Waals surface area contributed by atoms with Gasteiger partial charge >= 0.3 is 0 Å². The molecule has 2 aromatic heterocycles. The number of ether oxygens (including phenoxy) is 1. The summed E-state index contributed by atoms with van der Waals surface area (Å²) >= 11 is 0. The Morgan fingerprint density at radius 3 is 1.66 bits per heavy atom. The van der Waals surface area contributed by atoms with Crippen LogP contribution in [-0.2, 0) is 5.41 Å². The van der Waals surface area contributed by atoms with Crippen molar-refractivity contribution in [3.8, 4) is 44.9 Å². The zero-order chi connectivity index (χ0) is 36.5. The molecular weight excluding hydrogens is 685 g/mol. The number of hydrogen-bond donors (Lipinski definition) is 0. The lowest BCUT2D eigenvalue weighted by Crippen LogP contribution is -2.32. The highest BCUT2D eigenvalue weighted by molar-refractivity contribution is 6.16. The summed E-state index contributed by atoms with van der Waals surface area (Å²) in [6.45, 7) is 0. The fourth-order valence-electron chi connectivity index (χ4n) is 9.92. The van der Waals surface area contributed by atoms with E-state index in [4.69, 9.17) is 13.6 Å². The monoisotopic (exact) mass is 714 g/mol. The molecule has 0 unspecified atom stereocenters. The Morgan fingerprint density at radius 2 is 0.875 bits per heavy atom. The van der Waals surface area contributed by atoms with E-state index in [2.05, 4.69) is 182 Å². The van der Waals surface area contributed by atoms with Gasteiger partial charge in [0, 0.05) is 32.7 Å². The first-order chi connectivity index (χ1) is 27.7. The molecule has 0 amide bonds. The molecule has 3 heteroatoms. The van der Waals surface area contributed by atoms with Gasteiger partial charge < -0.3 is 13.6 Å². The molecule has 13 rings (SSSR count). The maximum absolute atomic E-state index is 6.79. The molecule has 0 bridgehead atoms. The van der Waals surface area contributed by atoms with Gasteiger partial charge in [-0.15, -0.1) is 0 Å². The van der Waals surface area contributed by atoms with Gasteiger partial charge in [-0.3, -0.25) is 0 Å². The highest BCUT2D eigenvalue weighted by atomic mass is 16.5. The summed E-state index contributed by atoms with van der Waals surface area (Å²) in [4.78, 5) is 0. The lowest BCUT2D eigenvalue weighted by Gasteiger charge is -2.39. The predicted octanol–water partition coefficient (Wildman–Crippen LogP) is 14.4. The second-order valence-electron chi connectivity index (χ2n) is 15.2. The highest BCUT2D eigenvalue weighted by Crippen LogP contribution is 2.62. The van der Waals surface area contributed by atoms with Gasteiger partial charge in [0.25, 0.3) is 0 Å². The third-order valence-electron chi connectivity index (χ3n) is 12.3. The van der Waals surface area contributed by atoms with E-state index in [0.717, 1.165) is 83.2 Å². The number of furan rings is 2. The number of hydrogen-bond acceptors (Lipinski definition) is 3. The van der Waals surface area contributed by atoms with E-state index < -0.39 is 5.41 Å². The Labute approximate surface area is 321 Å². The van der Waals surface area contributed by atoms with Gasteiger partial charge in [0.05, 0.1) is 5.41 Å². The first-order valence-corrected chi connectivity index (χ1v) is 19.1. The fourth-order valence-corrected chi connectivity index (χ4v) is 9.92. The van der Waals surface area contributed by atoms with Crippen LogP contribution in [0.15, 0.2) is 191 Å². The van der Waals surface area contributed by atoms with Crippen LogP contribution in [-0.4, -0.2) is 0 Å². The van der Waals surface area contributed by atoms with Crippen LogP contribution in [0, 0.1) is 0 Å². The average Bonchev–Trinajstić information content (AvgIpc) is 3.90. The summed E-state index contributed by atoms with van der Waals surface area (Å²) in [5, 5.41) is 6.80. The van der Waals surface area contributed by atoms with Gasteiger partial charge in [-0.2, -0.15) is 0 Å². The Balaban J connectivity index is 0.938. The van der Waals surface area contributed by atoms with Crippen molar-refractivity contribution in [2.45, 2.75) is 5.41 Å². The molecule has 0 fully saturated rings. The van der Waals surface area contributed by atoms with Gasteiger partial charge in [0.1, 0.15) is 33.8 Å². The van der Waals surface area contributed by atoms with E-state index in [1.807, 2.05) is 0 Å². The summed E-state index contributed by atoms with van der Waals surface area (Å²) in [5.41, 5.74) is 14.8. The first-order valence-electron chi connectivity index (χ1n) is 19.1. The van der Waals surface area contributed by atoms with E-state index >= 15 is 0 Å². The molecular formula is C53H30O3. The lowest BCUT2D eigenvalue weighted by atomic mass is 9.66. The van der Waals surface area contributed by atoms with Crippen LogP contribution < -0.4 is 4.74 Å². The van der Waals surface area contributed by atoms with Crippen molar-refractivity contribution in [2.75, 3.05) is 0 Å². The molecule has 2 aliphatic rings. The van der Waals surface area contributed by atoms with Crippen LogP contribution in [0.5, 0.6) is 11.5 Å². The van der Waals surface area contributed by atoms with Gasteiger partial charge in [-0.1, -0.05) is 127 Å². The Hall–Kier alpha value is -7.36. The SMILES string of the molecule is c1ccc2c(c1)Oc1cc(-c3ccc4c(c3)oc3cc(-c5cccc6oc7cc8ccccc8cc7c56)ccc34)ccc1C21c2ccccc2-c2ccccc21. The number of para-hydroxylation sites is 1. The molecule has 0 N–H and O–H groups in total. The molecule has 3 heterocycles. The second-order valence-corrected chi connectivity index (χ2v) is 15.2. The average molecular weight is 715 g/mol. The molecule has 3 nitrogen and oxygen atoms in total. The van der Waals surface area contributed by atoms with Crippen molar-refractivity contribution in [1.29, 1.82) is 0 Å². The highest BCUT2D eigenvalue weighted by Gasteiger charge is 2.50. The number of benzene rings is 9. The van der Waals surface area contributed by atoms with Gasteiger partial charge in [0.2, 0.25) is 0 Å². The van der Waals surface area contributed by atoms with E-state index in [1.54, 1.807) is 0 Å². The van der Waals surface area contributed by atoms with Crippen molar-refractivity contribution in [3.05, 3.63) is 204 Å². The predicted molar refractivity (Wildman–Crippen MR) is 227 cm³/mol. The van der Waals surface area contributed by atoms with Crippen LogP contribution in [0.2, 0.25) is 0 Å². The normalized spacial score (nSPS) is 13.6. The lowest BCUT2D eigenvalue weighted by molar-refractivity contribution is 0.436. The first kappa shape index (κ1) is 30.0. The summed E-state index contributed by atoms with van der Waals surface area (Å²) in [5.74, 6) is 1.76. The fraction of sp³-hybridized carbons (Fsp3) is 0.0189. The summed E-state index contributed by atoms with van der Waals surface area (Å²) in [7, 11) is 0. The minimum absolute atomic E-state index is 0.475. The van der Waals surface area contributed by atoms with Crippen molar-refractivity contribution in [2.24, 2.45) is 0 Å². The summed E-state index contributed by atoms with van der Waals surface area (Å²) in [6.07, 6.45) is 0. The van der Waals surface area contributed by atoms with Crippen molar-refractivity contribution in [1.82, 2.24) is 0 Å². The maximum atomic E-state index is 6.79. The minimum Gasteiger partial charge on any atom is -0.457 e. The van der Waals surface area contributed by atoms with E-state index in [0.29, 0.717) is 0 Å². The molecule has 56 heavy (non-hydrogen) atoms. The maximum Gasteiger partial charge on any atom is 0.136 e. The molecule has 1 aliphatic carbocycles. The molecule has 11 aromatic rings. The van der Waals surface area contributed by atoms with Gasteiger partial charge in [-0.25, -0.2) is 0 Å². The molecule has 0 saturated heterocycles. The molecule has 0 saturated carbocycles. The van der Waals surface area contributed by atoms with Crippen LogP contribution in [0.1, 0.15) is 22.3 Å². The van der Waals surface area contributed by atoms with Crippen molar-refractivity contribution in [3.63, 3.8) is 0 Å². The Kier molecular flexibility index (Phi) is 5.83. The van der Waals surface area contributed by atoms with Crippen molar-refractivity contribution < 1.29 is 13.6 Å². The van der Waals surface area contributed by atoms with Crippen LogP contribution >= 0.6 is 0 Å². The second kappa shape index (κ2) is 10.9. The molecule has 1 aliphatic heterocycles. The molecule has 1 spiro atoms. The molecule has 0 atom stereocenters. The minimum atomic E-state index is -0.475. The Morgan fingerprint density at radius 1 is 0.321 bits per heavy atom. The molecule has 9 aromatic carbocycles. The third kappa shape index (κ3) is 3.91. The van der Waals surface area contributed by atoms with E-state index in [-0.39, 0.29) is 0 Å². The molecule has 260 valence electrons. The zero-order valence-electron chi connectivity index (χ0n) is 30.0. The topological polar surface area (TPSA) is 35.5 Å². The van der Waals surface area contributed by atoms with Crippen LogP contribution in [0.3, 0.4) is 0 Å². The number of fused-ring (bicyclic) bond motifs is 16. The number of rotatable bonds is 2. The van der Waals surface area contributed by atoms with E-state index in [9.17, 15) is 0 Å².